The van der Waals surface area contributed by atoms with E-state index in [2.05, 4.69) is 40.5 Å². The summed E-state index contributed by atoms with van der Waals surface area (Å²) in [5.41, 5.74) is 0.721. The molecule has 4 heteroatoms. The number of nitrogens with zero attached hydrogens (tertiary/aromatic N) is 4. The van der Waals surface area contributed by atoms with Gasteiger partial charge >= 0.3 is 0 Å². The van der Waals surface area contributed by atoms with E-state index in [0.29, 0.717) is 0 Å². The molecule has 1 unspecified atom stereocenters. The predicted molar refractivity (Wildman–Crippen MR) is 110 cm³/mol. The van der Waals surface area contributed by atoms with Gasteiger partial charge in [-0.1, -0.05) is 26.7 Å². The molecule has 4 fully saturated rings. The molecule has 26 heavy (non-hydrogen) atoms. The summed E-state index contributed by atoms with van der Waals surface area (Å²) in [4.78, 5) is 10.7. The van der Waals surface area contributed by atoms with Gasteiger partial charge in [0.25, 0.3) is 0 Å². The van der Waals surface area contributed by atoms with E-state index in [1.54, 1.807) is 0 Å². The van der Waals surface area contributed by atoms with Gasteiger partial charge in [0.15, 0.2) is 0 Å². The highest BCUT2D eigenvalue weighted by atomic mass is 15.3. The normalized spacial score (nSPS) is 30.1. The summed E-state index contributed by atoms with van der Waals surface area (Å²) in [5.74, 6) is 1.88. The Balaban J connectivity index is 1.09. The minimum absolute atomic E-state index is 0.721. The van der Waals surface area contributed by atoms with Crippen molar-refractivity contribution in [2.24, 2.45) is 17.3 Å². The molecule has 0 N–H and O–H groups in total. The van der Waals surface area contributed by atoms with Crippen molar-refractivity contribution >= 4 is 0 Å². The molecule has 0 aromatic rings. The Kier molecular flexibility index (Phi) is 5.95. The maximum atomic E-state index is 2.77. The van der Waals surface area contributed by atoms with Crippen LogP contribution in [0.2, 0.25) is 0 Å². The minimum atomic E-state index is 0.721. The van der Waals surface area contributed by atoms with Gasteiger partial charge in [-0.25, -0.2) is 0 Å². The number of hydrogen-bond donors (Lipinski definition) is 0. The third-order valence-electron chi connectivity index (χ3n) is 7.63. The van der Waals surface area contributed by atoms with Crippen LogP contribution in [0.3, 0.4) is 0 Å². The van der Waals surface area contributed by atoms with E-state index in [1.165, 1.54) is 97.6 Å². The lowest BCUT2D eigenvalue weighted by Gasteiger charge is -2.53. The van der Waals surface area contributed by atoms with E-state index in [4.69, 9.17) is 0 Å². The Morgan fingerprint density at radius 2 is 1.65 bits per heavy atom. The van der Waals surface area contributed by atoms with Crippen LogP contribution >= 0.6 is 0 Å². The lowest BCUT2D eigenvalue weighted by molar-refractivity contribution is -0.0479. The Morgan fingerprint density at radius 3 is 2.27 bits per heavy atom. The Morgan fingerprint density at radius 1 is 0.962 bits per heavy atom. The molecule has 0 amide bonds. The third kappa shape index (κ3) is 4.63. The molecule has 4 aliphatic rings. The van der Waals surface area contributed by atoms with Crippen LogP contribution in [0.25, 0.3) is 0 Å². The molecule has 150 valence electrons. The fourth-order valence-electron chi connectivity index (χ4n) is 5.73. The molecule has 0 spiro atoms. The molecule has 0 radical (unpaired) electrons. The van der Waals surface area contributed by atoms with Gasteiger partial charge in [-0.3, -0.25) is 9.80 Å². The standard InChI is InChI=1S/C22H42N4/c1-4-5-19(2)12-22(6-7-22)18-25-16-21(17-25)26-14-20(15-26)13-24-10-8-23(3)9-11-24/h19-21H,4-18H2,1-3H3. The van der Waals surface area contributed by atoms with Crippen molar-refractivity contribution in [2.75, 3.05) is 72.5 Å². The molecular formula is C22H42N4. The van der Waals surface area contributed by atoms with Crippen LogP contribution in [0.1, 0.15) is 46.0 Å². The second kappa shape index (κ2) is 8.06. The monoisotopic (exact) mass is 362 g/mol. The predicted octanol–water partition coefficient (Wildman–Crippen LogP) is 2.46. The van der Waals surface area contributed by atoms with Crippen molar-refractivity contribution in [1.29, 1.82) is 0 Å². The van der Waals surface area contributed by atoms with Crippen molar-refractivity contribution in [3.8, 4) is 0 Å². The van der Waals surface area contributed by atoms with Gasteiger partial charge in [-0.2, -0.15) is 0 Å². The highest BCUT2D eigenvalue weighted by Crippen LogP contribution is 2.52. The number of rotatable bonds is 9. The number of likely N-dealkylation sites (N-methyl/N-ethyl adjacent to an activating group) is 1. The van der Waals surface area contributed by atoms with Gasteiger partial charge < -0.3 is 9.80 Å². The SMILES string of the molecule is CCCC(C)CC1(CN2CC(N3CC(CN4CCN(C)CC4)C3)C2)CC1. The first-order valence-corrected chi connectivity index (χ1v) is 11.4. The molecule has 4 nitrogen and oxygen atoms in total. The fraction of sp³-hybridized carbons (Fsp3) is 1.00. The van der Waals surface area contributed by atoms with Gasteiger partial charge in [-0.05, 0) is 43.6 Å². The zero-order valence-electron chi connectivity index (χ0n) is 17.6. The van der Waals surface area contributed by atoms with E-state index in [0.717, 1.165) is 23.3 Å². The molecule has 0 aromatic carbocycles. The highest BCUT2D eigenvalue weighted by Gasteiger charge is 2.47. The maximum absolute atomic E-state index is 2.77. The lowest BCUT2D eigenvalue weighted by atomic mass is 9.88. The van der Waals surface area contributed by atoms with E-state index in [1.807, 2.05) is 0 Å². The van der Waals surface area contributed by atoms with E-state index in [-0.39, 0.29) is 0 Å². The zero-order valence-corrected chi connectivity index (χ0v) is 17.6. The van der Waals surface area contributed by atoms with Gasteiger partial charge in [0.1, 0.15) is 0 Å². The van der Waals surface area contributed by atoms with E-state index in [9.17, 15) is 0 Å². The Labute approximate surface area is 161 Å². The quantitative estimate of drug-likeness (QED) is 0.625. The molecule has 0 aromatic heterocycles. The van der Waals surface area contributed by atoms with Crippen LogP contribution in [0, 0.1) is 17.3 Å². The Hall–Kier alpha value is -0.160. The van der Waals surface area contributed by atoms with E-state index < -0.39 is 0 Å². The van der Waals surface area contributed by atoms with Gasteiger partial charge in [0.05, 0.1) is 0 Å². The van der Waals surface area contributed by atoms with Crippen molar-refractivity contribution in [2.45, 2.75) is 52.0 Å². The summed E-state index contributed by atoms with van der Waals surface area (Å²) in [6, 6.07) is 0.877. The molecule has 3 saturated heterocycles. The largest absolute Gasteiger partial charge is 0.304 e. The average molecular weight is 363 g/mol. The molecule has 3 heterocycles. The summed E-state index contributed by atoms with van der Waals surface area (Å²) in [5, 5.41) is 0. The van der Waals surface area contributed by atoms with Crippen LogP contribution in [0.5, 0.6) is 0 Å². The summed E-state index contributed by atoms with van der Waals surface area (Å²) >= 11 is 0. The summed E-state index contributed by atoms with van der Waals surface area (Å²) < 4.78 is 0. The summed E-state index contributed by atoms with van der Waals surface area (Å²) in [6.07, 6.45) is 7.26. The highest BCUT2D eigenvalue weighted by molar-refractivity contribution is 5.01. The third-order valence-corrected chi connectivity index (χ3v) is 7.63. The van der Waals surface area contributed by atoms with Crippen LogP contribution in [0.4, 0.5) is 0 Å². The van der Waals surface area contributed by atoms with E-state index >= 15 is 0 Å². The Bertz CT molecular complexity index is 443. The van der Waals surface area contributed by atoms with Crippen molar-refractivity contribution < 1.29 is 0 Å². The molecule has 1 aliphatic carbocycles. The van der Waals surface area contributed by atoms with Gasteiger partial charge in [0.2, 0.25) is 0 Å². The first-order chi connectivity index (χ1) is 12.5. The topological polar surface area (TPSA) is 13.0 Å². The van der Waals surface area contributed by atoms with Crippen LogP contribution in [-0.4, -0.2) is 98.1 Å². The average Bonchev–Trinajstić information content (AvgIpc) is 3.28. The molecular weight excluding hydrogens is 320 g/mol. The number of likely N-dealkylation sites (tertiary alicyclic amines) is 2. The first-order valence-electron chi connectivity index (χ1n) is 11.4. The smallest absolute Gasteiger partial charge is 0.0350 e. The first kappa shape index (κ1) is 19.2. The minimum Gasteiger partial charge on any atom is -0.304 e. The second-order valence-corrected chi connectivity index (χ2v) is 10.4. The zero-order chi connectivity index (χ0) is 18.1. The van der Waals surface area contributed by atoms with Crippen LogP contribution in [-0.2, 0) is 0 Å². The molecule has 3 aliphatic heterocycles. The fourth-order valence-corrected chi connectivity index (χ4v) is 5.73. The number of piperazine rings is 1. The van der Waals surface area contributed by atoms with Crippen LogP contribution < -0.4 is 0 Å². The van der Waals surface area contributed by atoms with Crippen molar-refractivity contribution in [1.82, 2.24) is 19.6 Å². The van der Waals surface area contributed by atoms with Crippen LogP contribution in [0.15, 0.2) is 0 Å². The molecule has 4 rings (SSSR count). The maximum Gasteiger partial charge on any atom is 0.0350 e. The van der Waals surface area contributed by atoms with Gasteiger partial charge in [0, 0.05) is 71.5 Å². The summed E-state index contributed by atoms with van der Waals surface area (Å²) in [7, 11) is 2.25. The summed E-state index contributed by atoms with van der Waals surface area (Å²) in [6.45, 7) is 18.1. The van der Waals surface area contributed by atoms with Crippen molar-refractivity contribution in [3.05, 3.63) is 0 Å². The molecule has 1 saturated carbocycles. The van der Waals surface area contributed by atoms with Crippen molar-refractivity contribution in [3.63, 3.8) is 0 Å². The number of hydrogen-bond acceptors (Lipinski definition) is 4. The van der Waals surface area contributed by atoms with Gasteiger partial charge in [-0.15, -0.1) is 0 Å². The molecule has 1 atom stereocenters. The lowest BCUT2D eigenvalue weighted by Crippen LogP contribution is -2.67. The molecule has 0 bridgehead atoms. The second-order valence-electron chi connectivity index (χ2n) is 10.4.